The number of amides is 1. The zero-order valence-corrected chi connectivity index (χ0v) is 11.9. The average Bonchev–Trinajstić information content (AvgIpc) is 2.98. The Bertz CT molecular complexity index is 624. The fourth-order valence-electron chi connectivity index (χ4n) is 2.94. The number of nitrogens with zero attached hydrogens (tertiary/aromatic N) is 1. The Hall–Kier alpha value is -2.29. The maximum atomic E-state index is 12.3. The number of rotatable bonds is 3. The molecule has 0 radical (unpaired) electrons. The average molecular weight is 281 g/mol. The Balaban J connectivity index is 1.62. The van der Waals surface area contributed by atoms with Gasteiger partial charge in [0.25, 0.3) is 0 Å². The van der Waals surface area contributed by atoms with Gasteiger partial charge in [0.15, 0.2) is 0 Å². The maximum absolute atomic E-state index is 12.3. The fraction of sp³-hybridized carbons (Fsp3) is 0.278. The number of likely N-dealkylation sites (tertiary alicyclic amines) is 1. The summed E-state index contributed by atoms with van der Waals surface area (Å²) in [6.45, 7) is 1.61. The van der Waals surface area contributed by atoms with Crippen molar-refractivity contribution in [2.45, 2.75) is 18.8 Å². The molecule has 1 aliphatic rings. The molecule has 0 saturated carbocycles. The van der Waals surface area contributed by atoms with Gasteiger partial charge in [-0.1, -0.05) is 42.5 Å². The van der Waals surface area contributed by atoms with Crippen LogP contribution in [0, 0.1) is 0 Å². The molecule has 3 rings (SSSR count). The number of benzene rings is 2. The van der Waals surface area contributed by atoms with Gasteiger partial charge in [-0.15, -0.1) is 0 Å². The minimum absolute atomic E-state index is 0.138. The minimum Gasteiger partial charge on any atom is -0.508 e. The lowest BCUT2D eigenvalue weighted by molar-refractivity contribution is -0.129. The largest absolute Gasteiger partial charge is 0.508 e. The Morgan fingerprint density at radius 1 is 1.14 bits per heavy atom. The van der Waals surface area contributed by atoms with Crippen molar-refractivity contribution in [1.29, 1.82) is 0 Å². The first-order valence-corrected chi connectivity index (χ1v) is 7.33. The van der Waals surface area contributed by atoms with Crippen LogP contribution >= 0.6 is 0 Å². The van der Waals surface area contributed by atoms with Gasteiger partial charge in [-0.2, -0.15) is 0 Å². The van der Waals surface area contributed by atoms with Crippen LogP contribution < -0.4 is 0 Å². The minimum atomic E-state index is 0.138. The van der Waals surface area contributed by atoms with Crippen LogP contribution in [0.1, 0.15) is 23.5 Å². The Morgan fingerprint density at radius 2 is 1.95 bits per heavy atom. The van der Waals surface area contributed by atoms with Crippen molar-refractivity contribution in [3.8, 4) is 5.75 Å². The Labute approximate surface area is 124 Å². The van der Waals surface area contributed by atoms with Crippen LogP contribution in [0.3, 0.4) is 0 Å². The van der Waals surface area contributed by atoms with E-state index in [9.17, 15) is 9.90 Å². The molecule has 1 atom stereocenters. The van der Waals surface area contributed by atoms with Crippen LogP contribution in [0.25, 0.3) is 0 Å². The summed E-state index contributed by atoms with van der Waals surface area (Å²) >= 11 is 0. The van der Waals surface area contributed by atoms with Crippen molar-refractivity contribution < 1.29 is 9.90 Å². The molecule has 1 heterocycles. The van der Waals surface area contributed by atoms with Crippen LogP contribution in [-0.4, -0.2) is 29.0 Å². The van der Waals surface area contributed by atoms with E-state index >= 15 is 0 Å². The second-order valence-corrected chi connectivity index (χ2v) is 5.58. The van der Waals surface area contributed by atoms with Crippen LogP contribution in [0.15, 0.2) is 54.6 Å². The maximum Gasteiger partial charge on any atom is 0.227 e. The summed E-state index contributed by atoms with van der Waals surface area (Å²) in [5.41, 5.74) is 2.17. The van der Waals surface area contributed by atoms with Crippen molar-refractivity contribution >= 4 is 5.91 Å². The Morgan fingerprint density at radius 3 is 2.71 bits per heavy atom. The van der Waals surface area contributed by atoms with Crippen molar-refractivity contribution in [2.75, 3.05) is 13.1 Å². The second-order valence-electron chi connectivity index (χ2n) is 5.58. The molecule has 2 aromatic carbocycles. The highest BCUT2D eigenvalue weighted by atomic mass is 16.3. The molecule has 3 heteroatoms. The molecule has 1 aliphatic heterocycles. The first-order chi connectivity index (χ1) is 10.2. The summed E-state index contributed by atoms with van der Waals surface area (Å²) in [4.78, 5) is 14.3. The molecule has 1 fully saturated rings. The highest BCUT2D eigenvalue weighted by Gasteiger charge is 2.26. The topological polar surface area (TPSA) is 40.5 Å². The van der Waals surface area contributed by atoms with E-state index < -0.39 is 0 Å². The third-order valence-corrected chi connectivity index (χ3v) is 4.08. The highest BCUT2D eigenvalue weighted by molar-refractivity contribution is 5.79. The standard InChI is InChI=1S/C18H19NO2/c20-17-8-4-5-14(11-17)12-18(21)19-10-9-16(13-19)15-6-2-1-3-7-15/h1-8,11,16,20H,9-10,12-13H2/t16-/m1/s1. The smallest absolute Gasteiger partial charge is 0.227 e. The molecule has 1 amide bonds. The highest BCUT2D eigenvalue weighted by Crippen LogP contribution is 2.27. The predicted molar refractivity (Wildman–Crippen MR) is 82.2 cm³/mol. The van der Waals surface area contributed by atoms with E-state index in [1.165, 1.54) is 5.56 Å². The van der Waals surface area contributed by atoms with Crippen LogP contribution in [0.2, 0.25) is 0 Å². The van der Waals surface area contributed by atoms with Gasteiger partial charge in [0.1, 0.15) is 5.75 Å². The monoisotopic (exact) mass is 281 g/mol. The summed E-state index contributed by atoms with van der Waals surface area (Å²) in [6, 6.07) is 17.3. The van der Waals surface area contributed by atoms with Gasteiger partial charge in [-0.3, -0.25) is 4.79 Å². The van der Waals surface area contributed by atoms with E-state index in [-0.39, 0.29) is 11.7 Å². The summed E-state index contributed by atoms with van der Waals surface area (Å²) in [6.07, 6.45) is 1.38. The third kappa shape index (κ3) is 3.24. The number of carbonyl (C=O) groups is 1. The fourth-order valence-corrected chi connectivity index (χ4v) is 2.94. The summed E-state index contributed by atoms with van der Waals surface area (Å²) in [7, 11) is 0. The molecule has 3 nitrogen and oxygen atoms in total. The SMILES string of the molecule is O=C(Cc1cccc(O)c1)N1CC[C@@H](c2ccccc2)C1. The molecule has 0 unspecified atom stereocenters. The lowest BCUT2D eigenvalue weighted by atomic mass is 9.99. The molecule has 2 aromatic rings. The van der Waals surface area contributed by atoms with Gasteiger partial charge in [0, 0.05) is 19.0 Å². The molecule has 108 valence electrons. The van der Waals surface area contributed by atoms with E-state index in [4.69, 9.17) is 0 Å². The number of hydrogen-bond acceptors (Lipinski definition) is 2. The number of carbonyl (C=O) groups excluding carboxylic acids is 1. The molecular weight excluding hydrogens is 262 g/mol. The molecule has 1 N–H and O–H groups in total. The lowest BCUT2D eigenvalue weighted by Gasteiger charge is -2.17. The van der Waals surface area contributed by atoms with Crippen LogP contribution in [0.5, 0.6) is 5.75 Å². The third-order valence-electron chi connectivity index (χ3n) is 4.08. The molecule has 21 heavy (non-hydrogen) atoms. The zero-order valence-electron chi connectivity index (χ0n) is 11.9. The number of hydrogen-bond donors (Lipinski definition) is 1. The molecule has 1 saturated heterocycles. The van der Waals surface area contributed by atoms with Gasteiger partial charge in [0.2, 0.25) is 5.91 Å². The van der Waals surface area contributed by atoms with E-state index in [0.29, 0.717) is 12.3 Å². The van der Waals surface area contributed by atoms with Gasteiger partial charge >= 0.3 is 0 Å². The quantitative estimate of drug-likeness (QED) is 0.939. The molecule has 0 spiro atoms. The number of phenolic OH excluding ortho intramolecular Hbond substituents is 1. The van der Waals surface area contributed by atoms with E-state index in [2.05, 4.69) is 12.1 Å². The second kappa shape index (κ2) is 6.00. The summed E-state index contributed by atoms with van der Waals surface area (Å²) in [5.74, 6) is 0.794. The van der Waals surface area contributed by atoms with E-state index in [1.54, 1.807) is 18.2 Å². The van der Waals surface area contributed by atoms with Gasteiger partial charge in [-0.05, 0) is 29.7 Å². The predicted octanol–water partition coefficient (Wildman–Crippen LogP) is 2.95. The number of aromatic hydroxyl groups is 1. The van der Waals surface area contributed by atoms with Gasteiger partial charge in [0.05, 0.1) is 6.42 Å². The first kappa shape index (κ1) is 13.7. The van der Waals surface area contributed by atoms with Crippen LogP contribution in [0.4, 0.5) is 0 Å². The van der Waals surface area contributed by atoms with Crippen molar-refractivity contribution in [3.63, 3.8) is 0 Å². The van der Waals surface area contributed by atoms with Crippen molar-refractivity contribution in [1.82, 2.24) is 4.90 Å². The normalized spacial score (nSPS) is 17.9. The number of phenols is 1. The molecule has 0 aliphatic carbocycles. The molecule has 0 aromatic heterocycles. The van der Waals surface area contributed by atoms with E-state index in [0.717, 1.165) is 25.1 Å². The summed E-state index contributed by atoms with van der Waals surface area (Å²) < 4.78 is 0. The molecular formula is C18H19NO2. The van der Waals surface area contributed by atoms with E-state index in [1.807, 2.05) is 29.2 Å². The lowest BCUT2D eigenvalue weighted by Crippen LogP contribution is -2.29. The molecule has 0 bridgehead atoms. The summed E-state index contributed by atoms with van der Waals surface area (Å²) in [5, 5.41) is 9.46. The van der Waals surface area contributed by atoms with Gasteiger partial charge < -0.3 is 10.0 Å². The zero-order chi connectivity index (χ0) is 14.7. The van der Waals surface area contributed by atoms with Crippen molar-refractivity contribution in [3.05, 3.63) is 65.7 Å². The Kier molecular flexibility index (Phi) is 3.91. The van der Waals surface area contributed by atoms with Crippen molar-refractivity contribution in [2.24, 2.45) is 0 Å². The van der Waals surface area contributed by atoms with Crippen LogP contribution in [-0.2, 0) is 11.2 Å². The van der Waals surface area contributed by atoms with Gasteiger partial charge in [-0.25, -0.2) is 0 Å². The first-order valence-electron chi connectivity index (χ1n) is 7.33.